The molecular weight excluding hydrogens is 302 g/mol. The number of carbonyl (C=O) groups excluding carboxylic acids is 1. The molecule has 7 heteroatoms. The molecule has 128 valence electrons. The number of sulfonamides is 1. The van der Waals surface area contributed by atoms with Gasteiger partial charge >= 0.3 is 0 Å². The highest BCUT2D eigenvalue weighted by atomic mass is 32.2. The van der Waals surface area contributed by atoms with Gasteiger partial charge in [0.2, 0.25) is 15.9 Å². The fraction of sp³-hybridized carbons (Fsp3) is 0.933. The molecule has 1 aliphatic heterocycles. The lowest BCUT2D eigenvalue weighted by atomic mass is 9.99. The summed E-state index contributed by atoms with van der Waals surface area (Å²) < 4.78 is 25.6. The van der Waals surface area contributed by atoms with Crippen LogP contribution in [0.25, 0.3) is 0 Å². The Kier molecular flexibility index (Phi) is 6.23. The normalized spacial score (nSPS) is 27.9. The predicted octanol–water partition coefficient (Wildman–Crippen LogP) is 0.824. The van der Waals surface area contributed by atoms with E-state index in [2.05, 4.69) is 5.32 Å². The Morgan fingerprint density at radius 2 is 1.91 bits per heavy atom. The van der Waals surface area contributed by atoms with Gasteiger partial charge in [0.15, 0.2) is 0 Å². The van der Waals surface area contributed by atoms with E-state index in [1.54, 1.807) is 4.31 Å². The zero-order chi connectivity index (χ0) is 16.2. The van der Waals surface area contributed by atoms with Crippen LogP contribution in [0, 0.1) is 5.92 Å². The van der Waals surface area contributed by atoms with Crippen LogP contribution in [0.1, 0.15) is 51.9 Å². The molecular formula is C15H29N3O3S. The first kappa shape index (κ1) is 17.7. The fourth-order valence-electron chi connectivity index (χ4n) is 3.51. The van der Waals surface area contributed by atoms with Crippen molar-refractivity contribution in [2.75, 3.05) is 18.8 Å². The zero-order valence-electron chi connectivity index (χ0n) is 13.5. The van der Waals surface area contributed by atoms with E-state index in [4.69, 9.17) is 5.73 Å². The molecule has 0 aromatic rings. The largest absolute Gasteiger partial charge is 0.353 e. The van der Waals surface area contributed by atoms with Gasteiger partial charge in [0.1, 0.15) is 0 Å². The molecule has 2 aliphatic rings. The van der Waals surface area contributed by atoms with Gasteiger partial charge in [-0.05, 0) is 38.0 Å². The summed E-state index contributed by atoms with van der Waals surface area (Å²) in [7, 11) is -3.11. The minimum atomic E-state index is -3.11. The number of hydrogen-bond acceptors (Lipinski definition) is 4. The predicted molar refractivity (Wildman–Crippen MR) is 86.7 cm³/mol. The van der Waals surface area contributed by atoms with Gasteiger partial charge in [-0.2, -0.15) is 0 Å². The number of rotatable bonds is 6. The summed E-state index contributed by atoms with van der Waals surface area (Å²) >= 11 is 0. The van der Waals surface area contributed by atoms with Gasteiger partial charge in [0.05, 0.1) is 5.75 Å². The van der Waals surface area contributed by atoms with Crippen molar-refractivity contribution < 1.29 is 13.2 Å². The third-order valence-corrected chi connectivity index (χ3v) is 6.92. The highest BCUT2D eigenvalue weighted by Crippen LogP contribution is 2.26. The molecule has 0 bridgehead atoms. The summed E-state index contributed by atoms with van der Waals surface area (Å²) in [6.07, 6.45) is 5.73. The fourth-order valence-corrected chi connectivity index (χ4v) is 5.05. The molecule has 1 amide bonds. The lowest BCUT2D eigenvalue weighted by molar-refractivity contribution is -0.123. The summed E-state index contributed by atoms with van der Waals surface area (Å²) in [5.74, 6) is 0.589. The smallest absolute Gasteiger partial charge is 0.220 e. The Labute approximate surface area is 133 Å². The molecule has 0 aromatic heterocycles. The first-order chi connectivity index (χ1) is 10.4. The monoisotopic (exact) mass is 331 g/mol. The standard InChI is InChI=1S/C15H29N3O3S/c1-2-10-22(20,21)18-8-6-13(7-9-18)17-15(19)11-12-4-3-5-14(12)16/h12-14H,2-11,16H2,1H3,(H,17,19)/t12-,14+/m0/s1. The van der Waals surface area contributed by atoms with Crippen molar-refractivity contribution in [1.82, 2.24) is 9.62 Å². The molecule has 0 aromatic carbocycles. The maximum absolute atomic E-state index is 12.1. The number of nitrogens with zero attached hydrogens (tertiary/aromatic N) is 1. The van der Waals surface area contributed by atoms with Crippen molar-refractivity contribution in [3.8, 4) is 0 Å². The maximum Gasteiger partial charge on any atom is 0.220 e. The SMILES string of the molecule is CCCS(=O)(=O)N1CCC(NC(=O)C[C@@H]2CCC[C@H]2N)CC1. The van der Waals surface area contributed by atoms with Gasteiger partial charge in [0.25, 0.3) is 0 Å². The number of piperidine rings is 1. The van der Waals surface area contributed by atoms with E-state index in [1.165, 1.54) is 0 Å². The number of hydrogen-bond donors (Lipinski definition) is 2. The van der Waals surface area contributed by atoms with Crippen molar-refractivity contribution in [2.24, 2.45) is 11.7 Å². The second kappa shape index (κ2) is 7.75. The maximum atomic E-state index is 12.1. The minimum absolute atomic E-state index is 0.0669. The van der Waals surface area contributed by atoms with Gasteiger partial charge in [0, 0.05) is 31.6 Å². The Bertz CT molecular complexity index is 472. The number of amides is 1. The van der Waals surface area contributed by atoms with Crippen molar-refractivity contribution in [3.63, 3.8) is 0 Å². The van der Waals surface area contributed by atoms with E-state index in [1.807, 2.05) is 6.92 Å². The molecule has 1 saturated carbocycles. The Morgan fingerprint density at radius 1 is 1.23 bits per heavy atom. The van der Waals surface area contributed by atoms with E-state index < -0.39 is 10.0 Å². The third-order valence-electron chi connectivity index (χ3n) is 4.84. The molecule has 22 heavy (non-hydrogen) atoms. The van der Waals surface area contributed by atoms with Crippen LogP contribution in [-0.4, -0.2) is 49.6 Å². The Morgan fingerprint density at radius 3 is 2.45 bits per heavy atom. The lowest BCUT2D eigenvalue weighted by Gasteiger charge is -2.31. The van der Waals surface area contributed by atoms with Gasteiger partial charge in [-0.15, -0.1) is 0 Å². The first-order valence-corrected chi connectivity index (χ1v) is 10.1. The summed E-state index contributed by atoms with van der Waals surface area (Å²) in [4.78, 5) is 12.1. The van der Waals surface area contributed by atoms with Crippen molar-refractivity contribution in [1.29, 1.82) is 0 Å². The van der Waals surface area contributed by atoms with Crippen LogP contribution in [0.2, 0.25) is 0 Å². The average Bonchev–Trinajstić information content (AvgIpc) is 2.84. The molecule has 2 atom stereocenters. The van der Waals surface area contributed by atoms with Gasteiger partial charge in [-0.25, -0.2) is 12.7 Å². The van der Waals surface area contributed by atoms with Crippen LogP contribution < -0.4 is 11.1 Å². The Balaban J connectivity index is 1.74. The van der Waals surface area contributed by atoms with Crippen LogP contribution in [-0.2, 0) is 14.8 Å². The van der Waals surface area contributed by atoms with E-state index in [-0.39, 0.29) is 23.7 Å². The van der Waals surface area contributed by atoms with Gasteiger partial charge < -0.3 is 11.1 Å². The van der Waals surface area contributed by atoms with Crippen LogP contribution in [0.3, 0.4) is 0 Å². The topological polar surface area (TPSA) is 92.5 Å². The average molecular weight is 331 g/mol. The number of nitrogens with one attached hydrogen (secondary N) is 1. The molecule has 0 spiro atoms. The van der Waals surface area contributed by atoms with Gasteiger partial charge in [-0.1, -0.05) is 13.3 Å². The highest BCUT2D eigenvalue weighted by Gasteiger charge is 2.30. The van der Waals surface area contributed by atoms with E-state index in [9.17, 15) is 13.2 Å². The molecule has 0 unspecified atom stereocenters. The molecule has 3 N–H and O–H groups in total. The lowest BCUT2D eigenvalue weighted by Crippen LogP contribution is -2.47. The third kappa shape index (κ3) is 4.67. The van der Waals surface area contributed by atoms with Crippen LogP contribution in [0.15, 0.2) is 0 Å². The summed E-state index contributed by atoms with van der Waals surface area (Å²) in [5, 5.41) is 3.05. The van der Waals surface area contributed by atoms with Gasteiger partial charge in [-0.3, -0.25) is 4.79 Å². The molecule has 6 nitrogen and oxygen atoms in total. The number of nitrogens with two attached hydrogens (primary N) is 1. The van der Waals surface area contributed by atoms with Crippen LogP contribution >= 0.6 is 0 Å². The highest BCUT2D eigenvalue weighted by molar-refractivity contribution is 7.89. The second-order valence-electron chi connectivity index (χ2n) is 6.62. The van der Waals surface area contributed by atoms with Crippen LogP contribution in [0.4, 0.5) is 0 Å². The van der Waals surface area contributed by atoms with Crippen molar-refractivity contribution in [3.05, 3.63) is 0 Å². The summed E-state index contributed by atoms with van der Waals surface area (Å²) in [5.41, 5.74) is 6.00. The molecule has 0 radical (unpaired) electrons. The van der Waals surface area contributed by atoms with Crippen molar-refractivity contribution >= 4 is 15.9 Å². The first-order valence-electron chi connectivity index (χ1n) is 8.45. The van der Waals surface area contributed by atoms with E-state index in [0.29, 0.717) is 44.7 Å². The Hall–Kier alpha value is -0.660. The molecule has 1 heterocycles. The quantitative estimate of drug-likeness (QED) is 0.754. The van der Waals surface area contributed by atoms with E-state index >= 15 is 0 Å². The molecule has 2 fully saturated rings. The molecule has 1 saturated heterocycles. The molecule has 2 rings (SSSR count). The van der Waals surface area contributed by atoms with Crippen molar-refractivity contribution in [2.45, 2.75) is 64.0 Å². The summed E-state index contributed by atoms with van der Waals surface area (Å²) in [6, 6.07) is 0.255. The second-order valence-corrected chi connectivity index (χ2v) is 8.70. The number of carbonyl (C=O) groups is 1. The zero-order valence-corrected chi connectivity index (χ0v) is 14.3. The summed E-state index contributed by atoms with van der Waals surface area (Å²) in [6.45, 7) is 2.89. The minimum Gasteiger partial charge on any atom is -0.353 e. The molecule has 1 aliphatic carbocycles. The van der Waals surface area contributed by atoms with E-state index in [0.717, 1.165) is 19.3 Å². The van der Waals surface area contributed by atoms with Crippen LogP contribution in [0.5, 0.6) is 0 Å².